The largest absolute Gasteiger partial charge is 0.386 e. The van der Waals surface area contributed by atoms with E-state index in [1.54, 1.807) is 0 Å². The molecule has 4 nitrogen and oxygen atoms in total. The van der Waals surface area contributed by atoms with Crippen LogP contribution < -0.4 is 10.6 Å². The van der Waals surface area contributed by atoms with Crippen LogP contribution in [0.25, 0.3) is 0 Å². The number of hydrogen-bond donors (Lipinski definition) is 2. The molecule has 3 unspecified atom stereocenters. The zero-order chi connectivity index (χ0) is 19.8. The van der Waals surface area contributed by atoms with Gasteiger partial charge in [-0.05, 0) is 62.7 Å². The van der Waals surface area contributed by atoms with E-state index in [-0.39, 0.29) is 5.92 Å². The molecule has 0 aliphatic heterocycles. The van der Waals surface area contributed by atoms with Gasteiger partial charge < -0.3 is 15.5 Å². The molecule has 1 aliphatic carbocycles. The molecule has 0 radical (unpaired) electrons. The number of likely N-dealkylation sites (N-methyl/N-ethyl adjacent to an activating group) is 1. The van der Waals surface area contributed by atoms with E-state index in [1.165, 1.54) is 30.4 Å². The first-order chi connectivity index (χ1) is 12.9. The second kappa shape index (κ2) is 10.4. The maximum absolute atomic E-state index is 8.64. The third-order valence-corrected chi connectivity index (χ3v) is 5.86. The molecule has 27 heavy (non-hydrogen) atoms. The van der Waals surface area contributed by atoms with Gasteiger partial charge in [-0.15, -0.1) is 0 Å². The first kappa shape index (κ1) is 21.3. The Labute approximate surface area is 165 Å². The fraction of sp³-hybridized carbons (Fsp3) is 0.609. The number of nitriles is 1. The quantitative estimate of drug-likeness (QED) is 0.480. The number of hydrogen-bond acceptors (Lipinski definition) is 4. The molecular weight excluding hydrogens is 332 g/mol. The molecule has 1 aromatic rings. The summed E-state index contributed by atoms with van der Waals surface area (Å²) in [7, 11) is 4.29. The maximum Gasteiger partial charge on any atom is 0.176 e. The minimum Gasteiger partial charge on any atom is -0.386 e. The molecule has 0 aromatic heterocycles. The van der Waals surface area contributed by atoms with Crippen molar-refractivity contribution in [2.75, 3.05) is 27.2 Å². The molecule has 2 rings (SSSR count). The fourth-order valence-corrected chi connectivity index (χ4v) is 4.09. The van der Waals surface area contributed by atoms with Crippen molar-refractivity contribution in [3.05, 3.63) is 47.7 Å². The molecule has 0 heterocycles. The normalized spacial score (nSPS) is 21.5. The monoisotopic (exact) mass is 368 g/mol. The number of nitrogens with one attached hydrogen (secondary N) is 2. The summed E-state index contributed by atoms with van der Waals surface area (Å²) in [5.41, 5.74) is 3.95. The van der Waals surface area contributed by atoms with E-state index < -0.39 is 0 Å². The predicted molar refractivity (Wildman–Crippen MR) is 113 cm³/mol. The van der Waals surface area contributed by atoms with Gasteiger partial charge >= 0.3 is 0 Å². The van der Waals surface area contributed by atoms with E-state index in [2.05, 4.69) is 74.3 Å². The Balaban J connectivity index is 1.89. The van der Waals surface area contributed by atoms with Crippen LogP contribution in [-0.4, -0.2) is 38.1 Å². The molecule has 1 aliphatic rings. The van der Waals surface area contributed by atoms with E-state index in [0.717, 1.165) is 18.7 Å². The Hall–Kier alpha value is -1.99. The molecular formula is C23H36N4. The van der Waals surface area contributed by atoms with Gasteiger partial charge in [-0.3, -0.25) is 0 Å². The van der Waals surface area contributed by atoms with Crippen LogP contribution in [0.15, 0.2) is 36.5 Å². The average molecular weight is 369 g/mol. The van der Waals surface area contributed by atoms with Crippen molar-refractivity contribution in [3.63, 3.8) is 0 Å². The van der Waals surface area contributed by atoms with Gasteiger partial charge in [-0.25, -0.2) is 0 Å². The minimum absolute atomic E-state index is 0.255. The van der Waals surface area contributed by atoms with Crippen molar-refractivity contribution in [3.8, 4) is 6.19 Å². The second-order valence-corrected chi connectivity index (χ2v) is 8.30. The molecule has 1 saturated carbocycles. The van der Waals surface area contributed by atoms with Crippen molar-refractivity contribution in [1.29, 1.82) is 5.26 Å². The maximum atomic E-state index is 8.64. The van der Waals surface area contributed by atoms with Crippen LogP contribution >= 0.6 is 0 Å². The molecule has 4 heteroatoms. The van der Waals surface area contributed by atoms with Crippen molar-refractivity contribution < 1.29 is 0 Å². The highest BCUT2D eigenvalue weighted by molar-refractivity contribution is 5.29. The summed E-state index contributed by atoms with van der Waals surface area (Å²) in [6, 6.07) is 9.85. The lowest BCUT2D eigenvalue weighted by Gasteiger charge is -2.22. The van der Waals surface area contributed by atoms with Crippen LogP contribution in [0.2, 0.25) is 0 Å². The van der Waals surface area contributed by atoms with Crippen LogP contribution in [0.4, 0.5) is 0 Å². The van der Waals surface area contributed by atoms with Crippen molar-refractivity contribution >= 4 is 0 Å². The van der Waals surface area contributed by atoms with Crippen LogP contribution in [0.5, 0.6) is 0 Å². The summed E-state index contributed by atoms with van der Waals surface area (Å²) in [6.45, 7) is 10.3. The first-order valence-corrected chi connectivity index (χ1v) is 10.3. The summed E-state index contributed by atoms with van der Waals surface area (Å²) in [6.07, 6.45) is 6.72. The second-order valence-electron chi connectivity index (χ2n) is 8.30. The van der Waals surface area contributed by atoms with Crippen LogP contribution in [0.3, 0.4) is 0 Å². The Kier molecular flexibility index (Phi) is 8.19. The third kappa shape index (κ3) is 6.29. The van der Waals surface area contributed by atoms with E-state index in [1.807, 2.05) is 6.19 Å². The highest BCUT2D eigenvalue weighted by atomic mass is 15.1. The van der Waals surface area contributed by atoms with E-state index in [4.69, 9.17) is 5.26 Å². The molecule has 1 aromatic carbocycles. The Morgan fingerprint density at radius 2 is 2.00 bits per heavy atom. The summed E-state index contributed by atoms with van der Waals surface area (Å²) in [4.78, 5) is 2.27. The number of nitrogens with zero attached hydrogens (tertiary/aromatic N) is 2. The SMILES string of the molecule is C=C(NC1CCC(c2ccc(C(CC)CN(C)C)cc2)C1)[C@H](C)CNC#N. The van der Waals surface area contributed by atoms with Gasteiger partial charge in [0.05, 0.1) is 0 Å². The fourth-order valence-electron chi connectivity index (χ4n) is 4.09. The zero-order valence-corrected chi connectivity index (χ0v) is 17.5. The molecule has 4 atom stereocenters. The van der Waals surface area contributed by atoms with Gasteiger partial charge in [0.2, 0.25) is 0 Å². The van der Waals surface area contributed by atoms with Gasteiger partial charge in [0.25, 0.3) is 0 Å². The number of rotatable bonds is 10. The summed E-state index contributed by atoms with van der Waals surface area (Å²) in [5, 5.41) is 15.0. The minimum atomic E-state index is 0.255. The molecule has 0 bridgehead atoms. The van der Waals surface area contributed by atoms with E-state index in [0.29, 0.717) is 24.4 Å². The van der Waals surface area contributed by atoms with Crippen LogP contribution in [0.1, 0.15) is 62.5 Å². The number of benzene rings is 1. The highest BCUT2D eigenvalue weighted by Crippen LogP contribution is 2.35. The molecule has 1 fully saturated rings. The van der Waals surface area contributed by atoms with Crippen molar-refractivity contribution in [2.45, 2.75) is 57.4 Å². The zero-order valence-electron chi connectivity index (χ0n) is 17.5. The summed E-state index contributed by atoms with van der Waals surface area (Å²) in [5.74, 6) is 1.50. The van der Waals surface area contributed by atoms with Gasteiger partial charge in [0.1, 0.15) is 0 Å². The topological polar surface area (TPSA) is 51.1 Å². The van der Waals surface area contributed by atoms with Crippen LogP contribution in [-0.2, 0) is 0 Å². The first-order valence-electron chi connectivity index (χ1n) is 10.3. The van der Waals surface area contributed by atoms with Crippen molar-refractivity contribution in [2.24, 2.45) is 5.92 Å². The lowest BCUT2D eigenvalue weighted by Crippen LogP contribution is -2.31. The molecule has 2 N–H and O–H groups in total. The molecule has 148 valence electrons. The smallest absolute Gasteiger partial charge is 0.176 e. The van der Waals surface area contributed by atoms with Gasteiger partial charge in [0, 0.05) is 30.7 Å². The van der Waals surface area contributed by atoms with Gasteiger partial charge in [-0.1, -0.05) is 44.7 Å². The summed E-state index contributed by atoms with van der Waals surface area (Å²) < 4.78 is 0. The predicted octanol–water partition coefficient (Wildman–Crippen LogP) is 4.19. The van der Waals surface area contributed by atoms with E-state index >= 15 is 0 Å². The Bertz CT molecular complexity index is 629. The van der Waals surface area contributed by atoms with Gasteiger partial charge in [0.15, 0.2) is 6.19 Å². The lowest BCUT2D eigenvalue weighted by molar-refractivity contribution is 0.368. The third-order valence-electron chi connectivity index (χ3n) is 5.86. The van der Waals surface area contributed by atoms with Crippen molar-refractivity contribution in [1.82, 2.24) is 15.5 Å². The Morgan fingerprint density at radius 3 is 2.59 bits per heavy atom. The molecule has 0 saturated heterocycles. The highest BCUT2D eigenvalue weighted by Gasteiger charge is 2.26. The van der Waals surface area contributed by atoms with Gasteiger partial charge in [-0.2, -0.15) is 5.26 Å². The van der Waals surface area contributed by atoms with E-state index in [9.17, 15) is 0 Å². The lowest BCUT2D eigenvalue weighted by atomic mass is 9.91. The molecule has 0 amide bonds. The standard InChI is InChI=1S/C23H36N4/c1-6-19(15-27(4)5)20-7-9-21(10-8-20)22-11-12-23(13-22)26-18(3)17(2)14-25-16-24/h7-10,17,19,22-23,25-26H,3,6,11-15H2,1-2,4-5H3/t17-,19?,22?,23?/m1/s1. The van der Waals surface area contributed by atoms with Crippen LogP contribution in [0, 0.1) is 17.4 Å². The Morgan fingerprint density at radius 1 is 1.30 bits per heavy atom. The summed E-state index contributed by atoms with van der Waals surface area (Å²) >= 11 is 0. The molecule has 0 spiro atoms. The average Bonchev–Trinajstić information content (AvgIpc) is 3.12.